The fourth-order valence-electron chi connectivity index (χ4n) is 2.09. The van der Waals surface area contributed by atoms with Crippen LogP contribution in [-0.4, -0.2) is 16.9 Å². The molecule has 4 nitrogen and oxygen atoms in total. The van der Waals surface area contributed by atoms with Crippen molar-refractivity contribution in [2.24, 2.45) is 0 Å². The number of nitrogens with zero attached hydrogens (tertiary/aromatic N) is 2. The van der Waals surface area contributed by atoms with Gasteiger partial charge in [-0.15, -0.1) is 0 Å². The van der Waals surface area contributed by atoms with Gasteiger partial charge in [-0.25, -0.2) is 4.68 Å². The number of para-hydroxylation sites is 1. The first-order chi connectivity index (χ1) is 8.63. The summed E-state index contributed by atoms with van der Waals surface area (Å²) in [5.74, 6) is 1.64. The Kier molecular flexibility index (Phi) is 3.55. The number of aryl methyl sites for hydroxylation is 1. The summed E-state index contributed by atoms with van der Waals surface area (Å²) in [4.78, 5) is 0. The molecule has 1 aromatic carbocycles. The first-order valence-electron chi connectivity index (χ1n) is 6.05. The molecule has 2 N–H and O–H groups in total. The van der Waals surface area contributed by atoms with E-state index in [2.05, 4.69) is 18.1 Å². The van der Waals surface area contributed by atoms with E-state index in [1.54, 1.807) is 13.3 Å². The largest absolute Gasteiger partial charge is 0.496 e. The average Bonchev–Trinajstić information content (AvgIpc) is 2.71. The lowest BCUT2D eigenvalue weighted by atomic mass is 10.1. The molecule has 1 unspecified atom stereocenters. The van der Waals surface area contributed by atoms with Crippen LogP contribution in [-0.2, 0) is 6.42 Å². The first kappa shape index (κ1) is 12.5. The van der Waals surface area contributed by atoms with Gasteiger partial charge in [0.15, 0.2) is 0 Å². The summed E-state index contributed by atoms with van der Waals surface area (Å²) in [5, 5.41) is 4.32. The van der Waals surface area contributed by atoms with Crippen molar-refractivity contribution < 1.29 is 4.74 Å². The van der Waals surface area contributed by atoms with Crippen molar-refractivity contribution in [2.45, 2.75) is 26.3 Å². The Hall–Kier alpha value is -1.97. The van der Waals surface area contributed by atoms with Gasteiger partial charge in [-0.2, -0.15) is 5.10 Å². The lowest BCUT2D eigenvalue weighted by molar-refractivity contribution is 0.402. The van der Waals surface area contributed by atoms with Gasteiger partial charge in [-0.3, -0.25) is 0 Å². The Balaban J connectivity index is 2.21. The van der Waals surface area contributed by atoms with Crippen LogP contribution in [0.2, 0.25) is 0 Å². The maximum atomic E-state index is 6.00. The minimum atomic E-state index is 0.204. The Bertz CT molecular complexity index is 534. The highest BCUT2D eigenvalue weighted by Gasteiger charge is 2.13. The van der Waals surface area contributed by atoms with E-state index in [9.17, 15) is 0 Å². The topological polar surface area (TPSA) is 53.1 Å². The van der Waals surface area contributed by atoms with Crippen molar-refractivity contribution in [2.75, 3.05) is 12.8 Å². The number of aromatic nitrogens is 2. The second kappa shape index (κ2) is 5.12. The molecular formula is C14H19N3O. The molecule has 0 aliphatic carbocycles. The number of hydrogen-bond donors (Lipinski definition) is 1. The van der Waals surface area contributed by atoms with Gasteiger partial charge < -0.3 is 10.5 Å². The number of nitrogens with two attached hydrogens (primary N) is 1. The zero-order valence-electron chi connectivity index (χ0n) is 11.1. The van der Waals surface area contributed by atoms with Crippen molar-refractivity contribution in [3.8, 4) is 5.75 Å². The molecule has 0 amide bonds. The second-order valence-corrected chi connectivity index (χ2v) is 4.52. The van der Waals surface area contributed by atoms with Gasteiger partial charge in [-0.05, 0) is 31.9 Å². The number of rotatable bonds is 4. The number of ether oxygens (including phenoxy) is 1. The molecule has 2 rings (SSSR count). The Morgan fingerprint density at radius 2 is 2.11 bits per heavy atom. The molecule has 18 heavy (non-hydrogen) atoms. The third-order valence-corrected chi connectivity index (χ3v) is 3.15. The number of benzene rings is 1. The highest BCUT2D eigenvalue weighted by Crippen LogP contribution is 2.24. The SMILES string of the molecule is COc1ccccc1CC(C)n1ncc(C)c1N. The zero-order chi connectivity index (χ0) is 13.1. The summed E-state index contributed by atoms with van der Waals surface area (Å²) >= 11 is 0. The van der Waals surface area contributed by atoms with Crippen molar-refractivity contribution in [3.63, 3.8) is 0 Å². The summed E-state index contributed by atoms with van der Waals surface area (Å²) in [6, 6.07) is 8.23. The molecule has 0 spiro atoms. The summed E-state index contributed by atoms with van der Waals surface area (Å²) in [6.45, 7) is 4.07. The molecule has 0 saturated carbocycles. The van der Waals surface area contributed by atoms with E-state index in [-0.39, 0.29) is 6.04 Å². The molecule has 2 aromatic rings. The molecular weight excluding hydrogens is 226 g/mol. The van der Waals surface area contributed by atoms with Crippen molar-refractivity contribution in [3.05, 3.63) is 41.6 Å². The summed E-state index contributed by atoms with van der Waals surface area (Å²) < 4.78 is 7.22. The Labute approximate surface area is 107 Å². The first-order valence-corrected chi connectivity index (χ1v) is 6.05. The maximum absolute atomic E-state index is 6.00. The number of anilines is 1. The smallest absolute Gasteiger partial charge is 0.124 e. The molecule has 1 heterocycles. The zero-order valence-corrected chi connectivity index (χ0v) is 11.1. The number of methoxy groups -OCH3 is 1. The van der Waals surface area contributed by atoms with Crippen LogP contribution in [0.25, 0.3) is 0 Å². The van der Waals surface area contributed by atoms with E-state index >= 15 is 0 Å². The van der Waals surface area contributed by atoms with Gasteiger partial charge in [0.1, 0.15) is 11.6 Å². The highest BCUT2D eigenvalue weighted by atomic mass is 16.5. The van der Waals surface area contributed by atoms with Crippen molar-refractivity contribution in [1.82, 2.24) is 9.78 Å². The molecule has 1 atom stereocenters. The van der Waals surface area contributed by atoms with Crippen LogP contribution in [0.5, 0.6) is 5.75 Å². The van der Waals surface area contributed by atoms with Crippen LogP contribution in [0.3, 0.4) is 0 Å². The van der Waals surface area contributed by atoms with E-state index in [1.165, 1.54) is 5.56 Å². The number of nitrogen functional groups attached to an aromatic ring is 1. The molecule has 0 fully saturated rings. The van der Waals surface area contributed by atoms with Gasteiger partial charge in [0.2, 0.25) is 0 Å². The van der Waals surface area contributed by atoms with Crippen LogP contribution < -0.4 is 10.5 Å². The van der Waals surface area contributed by atoms with E-state index in [0.29, 0.717) is 0 Å². The monoisotopic (exact) mass is 245 g/mol. The standard InChI is InChI=1S/C14H19N3O/c1-10-9-16-17(14(10)15)11(2)8-12-6-4-5-7-13(12)18-3/h4-7,9,11H,8,15H2,1-3H3. The molecule has 0 saturated heterocycles. The molecule has 0 aliphatic heterocycles. The fourth-order valence-corrected chi connectivity index (χ4v) is 2.09. The van der Waals surface area contributed by atoms with Gasteiger partial charge in [0.05, 0.1) is 19.3 Å². The van der Waals surface area contributed by atoms with Crippen molar-refractivity contribution >= 4 is 5.82 Å². The minimum Gasteiger partial charge on any atom is -0.496 e. The maximum Gasteiger partial charge on any atom is 0.124 e. The molecule has 0 radical (unpaired) electrons. The van der Waals surface area contributed by atoms with E-state index < -0.39 is 0 Å². The summed E-state index contributed by atoms with van der Waals surface area (Å²) in [5.41, 5.74) is 8.18. The lowest BCUT2D eigenvalue weighted by Crippen LogP contribution is -2.13. The second-order valence-electron chi connectivity index (χ2n) is 4.52. The molecule has 0 aliphatic rings. The minimum absolute atomic E-state index is 0.204. The summed E-state index contributed by atoms with van der Waals surface area (Å²) in [7, 11) is 1.69. The van der Waals surface area contributed by atoms with Crippen LogP contribution in [0, 0.1) is 6.92 Å². The lowest BCUT2D eigenvalue weighted by Gasteiger charge is -2.16. The quantitative estimate of drug-likeness (QED) is 0.900. The number of hydrogen-bond acceptors (Lipinski definition) is 3. The highest BCUT2D eigenvalue weighted by molar-refractivity contribution is 5.38. The predicted octanol–water partition coefficient (Wildman–Crippen LogP) is 2.59. The average molecular weight is 245 g/mol. The Morgan fingerprint density at radius 1 is 1.39 bits per heavy atom. The van der Waals surface area contributed by atoms with E-state index in [4.69, 9.17) is 10.5 Å². The van der Waals surface area contributed by atoms with Crippen LogP contribution in [0.15, 0.2) is 30.5 Å². The predicted molar refractivity (Wildman–Crippen MR) is 72.8 cm³/mol. The van der Waals surface area contributed by atoms with Crippen molar-refractivity contribution in [1.29, 1.82) is 0 Å². The normalized spacial score (nSPS) is 12.4. The molecule has 0 bridgehead atoms. The molecule has 4 heteroatoms. The Morgan fingerprint density at radius 3 is 2.72 bits per heavy atom. The van der Waals surface area contributed by atoms with Gasteiger partial charge >= 0.3 is 0 Å². The van der Waals surface area contributed by atoms with Gasteiger partial charge in [-0.1, -0.05) is 18.2 Å². The third-order valence-electron chi connectivity index (χ3n) is 3.15. The van der Waals surface area contributed by atoms with Crippen LogP contribution in [0.1, 0.15) is 24.1 Å². The van der Waals surface area contributed by atoms with Gasteiger partial charge in [0.25, 0.3) is 0 Å². The molecule has 96 valence electrons. The third kappa shape index (κ3) is 2.32. The fraction of sp³-hybridized carbons (Fsp3) is 0.357. The van der Waals surface area contributed by atoms with Gasteiger partial charge in [0, 0.05) is 5.56 Å². The van der Waals surface area contributed by atoms with E-state index in [0.717, 1.165) is 23.6 Å². The van der Waals surface area contributed by atoms with Crippen LogP contribution in [0.4, 0.5) is 5.82 Å². The summed E-state index contributed by atoms with van der Waals surface area (Å²) in [6.07, 6.45) is 2.64. The van der Waals surface area contributed by atoms with Crippen LogP contribution >= 0.6 is 0 Å². The molecule has 1 aromatic heterocycles. The van der Waals surface area contributed by atoms with E-state index in [1.807, 2.05) is 29.8 Å².